The molecule has 0 saturated heterocycles. The summed E-state index contributed by atoms with van der Waals surface area (Å²) in [7, 11) is 0. The van der Waals surface area contributed by atoms with E-state index in [2.05, 4.69) is 29.1 Å². The van der Waals surface area contributed by atoms with E-state index in [4.69, 9.17) is 10.5 Å². The maximum absolute atomic E-state index is 12.6. The fraction of sp³-hybridized carbons (Fsp3) is 0.389. The molecule has 8 heteroatoms. The van der Waals surface area contributed by atoms with Crippen LogP contribution < -0.4 is 15.8 Å². The molecule has 1 amide bonds. The SMILES string of the molecule is CC(C)CC(C)(CN)NC(=O)c1cccc(Oc2cnccn2)c1.Cl.Cl. The topological polar surface area (TPSA) is 90.1 Å². The number of benzene rings is 1. The number of ether oxygens (including phenoxy) is 1. The molecule has 0 spiro atoms. The van der Waals surface area contributed by atoms with Gasteiger partial charge in [0.1, 0.15) is 5.75 Å². The molecule has 0 saturated carbocycles. The molecule has 0 aliphatic carbocycles. The largest absolute Gasteiger partial charge is 0.437 e. The van der Waals surface area contributed by atoms with Crippen LogP contribution in [0.5, 0.6) is 11.6 Å². The number of nitrogens with one attached hydrogen (secondary N) is 1. The van der Waals surface area contributed by atoms with Gasteiger partial charge in [-0.1, -0.05) is 19.9 Å². The fourth-order valence-corrected chi connectivity index (χ4v) is 2.59. The molecule has 2 aromatic rings. The Kier molecular flexibility index (Phi) is 10.2. The van der Waals surface area contributed by atoms with Gasteiger partial charge in [-0.05, 0) is 37.5 Å². The molecule has 1 unspecified atom stereocenters. The lowest BCUT2D eigenvalue weighted by Crippen LogP contribution is -2.52. The molecular weight excluding hydrogens is 375 g/mol. The molecule has 1 aromatic carbocycles. The summed E-state index contributed by atoms with van der Waals surface area (Å²) in [6.45, 7) is 6.56. The van der Waals surface area contributed by atoms with Crippen LogP contribution in [0.25, 0.3) is 0 Å². The third kappa shape index (κ3) is 7.15. The molecule has 0 aliphatic heterocycles. The van der Waals surface area contributed by atoms with Gasteiger partial charge in [0.2, 0.25) is 5.88 Å². The van der Waals surface area contributed by atoms with Crippen molar-refractivity contribution in [1.82, 2.24) is 15.3 Å². The number of amides is 1. The Morgan fingerprint density at radius 2 is 2.04 bits per heavy atom. The summed E-state index contributed by atoms with van der Waals surface area (Å²) in [5.41, 5.74) is 5.94. The van der Waals surface area contributed by atoms with Gasteiger partial charge in [-0.2, -0.15) is 0 Å². The first kappa shape index (κ1) is 24.1. The lowest BCUT2D eigenvalue weighted by atomic mass is 9.90. The van der Waals surface area contributed by atoms with Crippen molar-refractivity contribution in [1.29, 1.82) is 0 Å². The van der Waals surface area contributed by atoms with Gasteiger partial charge >= 0.3 is 0 Å². The predicted molar refractivity (Wildman–Crippen MR) is 107 cm³/mol. The smallest absolute Gasteiger partial charge is 0.251 e. The summed E-state index contributed by atoms with van der Waals surface area (Å²) in [6.07, 6.45) is 5.44. The molecule has 0 fully saturated rings. The van der Waals surface area contributed by atoms with Gasteiger partial charge in [-0.3, -0.25) is 9.78 Å². The normalized spacial score (nSPS) is 12.3. The Morgan fingerprint density at radius 3 is 2.62 bits per heavy atom. The second kappa shape index (κ2) is 11.0. The minimum Gasteiger partial charge on any atom is -0.437 e. The number of aromatic nitrogens is 2. The van der Waals surface area contributed by atoms with E-state index in [1.807, 2.05) is 6.92 Å². The van der Waals surface area contributed by atoms with E-state index in [-0.39, 0.29) is 30.7 Å². The zero-order valence-electron chi connectivity index (χ0n) is 15.1. The molecule has 1 heterocycles. The number of halogens is 2. The molecule has 3 N–H and O–H groups in total. The van der Waals surface area contributed by atoms with Crippen molar-refractivity contribution in [3.8, 4) is 11.6 Å². The lowest BCUT2D eigenvalue weighted by Gasteiger charge is -2.31. The van der Waals surface area contributed by atoms with Crippen molar-refractivity contribution in [3.63, 3.8) is 0 Å². The minimum absolute atomic E-state index is 0. The summed E-state index contributed by atoms with van der Waals surface area (Å²) in [6, 6.07) is 6.95. The first-order valence-corrected chi connectivity index (χ1v) is 7.98. The highest BCUT2D eigenvalue weighted by Gasteiger charge is 2.26. The van der Waals surface area contributed by atoms with Gasteiger partial charge in [0.25, 0.3) is 5.91 Å². The standard InChI is InChI=1S/C18H24N4O2.2ClH/c1-13(2)10-18(3,12-19)22-17(23)14-5-4-6-15(9-14)24-16-11-20-7-8-21-16;;/h4-9,11,13H,10,12,19H2,1-3H3,(H,22,23);2*1H. The van der Waals surface area contributed by atoms with Gasteiger partial charge in [-0.25, -0.2) is 4.98 Å². The highest BCUT2D eigenvalue weighted by atomic mass is 35.5. The van der Waals surface area contributed by atoms with Gasteiger partial charge in [0.05, 0.1) is 6.20 Å². The van der Waals surface area contributed by atoms with Crippen LogP contribution in [-0.2, 0) is 0 Å². The van der Waals surface area contributed by atoms with E-state index < -0.39 is 5.54 Å². The van der Waals surface area contributed by atoms with Crippen LogP contribution in [0.15, 0.2) is 42.9 Å². The van der Waals surface area contributed by atoms with Gasteiger partial charge in [0, 0.05) is 30.0 Å². The lowest BCUT2D eigenvalue weighted by molar-refractivity contribution is 0.0898. The van der Waals surface area contributed by atoms with Crippen molar-refractivity contribution in [3.05, 3.63) is 48.4 Å². The fourth-order valence-electron chi connectivity index (χ4n) is 2.59. The number of nitrogens with two attached hydrogens (primary N) is 1. The van der Waals surface area contributed by atoms with Crippen molar-refractivity contribution in [2.24, 2.45) is 11.7 Å². The molecule has 0 radical (unpaired) electrons. The highest BCUT2D eigenvalue weighted by molar-refractivity contribution is 5.95. The van der Waals surface area contributed by atoms with E-state index in [1.165, 1.54) is 6.20 Å². The van der Waals surface area contributed by atoms with Crippen molar-refractivity contribution in [2.75, 3.05) is 6.54 Å². The number of rotatable bonds is 7. The summed E-state index contributed by atoms with van der Waals surface area (Å²) >= 11 is 0. The molecule has 2 rings (SSSR count). The third-order valence-electron chi connectivity index (χ3n) is 3.58. The Morgan fingerprint density at radius 1 is 1.31 bits per heavy atom. The minimum atomic E-state index is -0.437. The Hall–Kier alpha value is -1.89. The maximum atomic E-state index is 12.6. The second-order valence-corrected chi connectivity index (χ2v) is 6.49. The second-order valence-electron chi connectivity index (χ2n) is 6.49. The molecule has 0 bridgehead atoms. The molecule has 0 aliphatic rings. The number of carbonyl (C=O) groups is 1. The van der Waals surface area contributed by atoms with Gasteiger partial charge in [-0.15, -0.1) is 24.8 Å². The van der Waals surface area contributed by atoms with Crippen LogP contribution in [0.2, 0.25) is 0 Å². The number of hydrogen-bond acceptors (Lipinski definition) is 5. The van der Waals surface area contributed by atoms with Gasteiger partial charge < -0.3 is 15.8 Å². The zero-order valence-corrected chi connectivity index (χ0v) is 16.8. The monoisotopic (exact) mass is 400 g/mol. The van der Waals surface area contributed by atoms with Crippen LogP contribution in [0.4, 0.5) is 0 Å². The average molecular weight is 401 g/mol. The van der Waals surface area contributed by atoms with Crippen LogP contribution in [-0.4, -0.2) is 28.0 Å². The van der Waals surface area contributed by atoms with Crippen molar-refractivity contribution < 1.29 is 9.53 Å². The van der Waals surface area contributed by atoms with Crippen LogP contribution >= 0.6 is 24.8 Å². The van der Waals surface area contributed by atoms with Crippen molar-refractivity contribution >= 4 is 30.7 Å². The average Bonchev–Trinajstić information content (AvgIpc) is 2.55. The predicted octanol–water partition coefficient (Wildman–Crippen LogP) is 3.61. The molecule has 1 atom stereocenters. The molecular formula is C18H26Cl2N4O2. The summed E-state index contributed by atoms with van der Waals surface area (Å²) in [5, 5.41) is 3.03. The van der Waals surface area contributed by atoms with Crippen LogP contribution in [0.1, 0.15) is 37.6 Å². The Balaban J connectivity index is 0.00000312. The van der Waals surface area contributed by atoms with Crippen molar-refractivity contribution in [2.45, 2.75) is 32.7 Å². The Bertz CT molecular complexity index is 686. The molecule has 1 aromatic heterocycles. The molecule has 6 nitrogen and oxygen atoms in total. The number of carbonyl (C=O) groups excluding carboxylic acids is 1. The van der Waals surface area contributed by atoms with Crippen LogP contribution in [0.3, 0.4) is 0 Å². The molecule has 26 heavy (non-hydrogen) atoms. The first-order valence-electron chi connectivity index (χ1n) is 7.98. The van der Waals surface area contributed by atoms with E-state index in [9.17, 15) is 4.79 Å². The maximum Gasteiger partial charge on any atom is 0.251 e. The van der Waals surface area contributed by atoms with Gasteiger partial charge in [0.15, 0.2) is 0 Å². The van der Waals surface area contributed by atoms with E-state index in [0.717, 1.165) is 6.42 Å². The Labute approximate surface area is 166 Å². The van der Waals surface area contributed by atoms with E-state index >= 15 is 0 Å². The quantitative estimate of drug-likeness (QED) is 0.740. The van der Waals surface area contributed by atoms with E-state index in [0.29, 0.717) is 29.7 Å². The van der Waals surface area contributed by atoms with Crippen LogP contribution in [0, 0.1) is 5.92 Å². The van der Waals surface area contributed by atoms with E-state index in [1.54, 1.807) is 36.7 Å². The summed E-state index contributed by atoms with van der Waals surface area (Å²) in [4.78, 5) is 20.6. The third-order valence-corrected chi connectivity index (χ3v) is 3.58. The number of nitrogens with zero attached hydrogens (tertiary/aromatic N) is 2. The zero-order chi connectivity index (χ0) is 17.6. The summed E-state index contributed by atoms with van der Waals surface area (Å²) in [5.74, 6) is 1.17. The molecule has 144 valence electrons. The summed E-state index contributed by atoms with van der Waals surface area (Å²) < 4.78 is 5.61. The number of hydrogen-bond donors (Lipinski definition) is 2. The highest BCUT2D eigenvalue weighted by Crippen LogP contribution is 2.21. The first-order chi connectivity index (χ1) is 11.4.